The Morgan fingerprint density at radius 2 is 1.62 bits per heavy atom. The van der Waals surface area contributed by atoms with Crippen molar-refractivity contribution in [2.24, 2.45) is 0 Å². The average molecular weight is 442 g/mol. The quantitative estimate of drug-likeness (QED) is 0.508. The monoisotopic (exact) mass is 441 g/mol. The zero-order valence-corrected chi connectivity index (χ0v) is 19.7. The molecule has 0 amide bonds. The van der Waals surface area contributed by atoms with E-state index in [-0.39, 0.29) is 0 Å². The van der Waals surface area contributed by atoms with Crippen LogP contribution in [0.4, 0.5) is 0 Å². The lowest BCUT2D eigenvalue weighted by molar-refractivity contribution is -0.0987. The fraction of sp³-hybridized carbons (Fsp3) is 0.385. The van der Waals surface area contributed by atoms with Crippen molar-refractivity contribution >= 4 is 24.5 Å². The van der Waals surface area contributed by atoms with Crippen molar-refractivity contribution in [3.63, 3.8) is 0 Å². The number of aromatic nitrogens is 1. The Bertz CT molecular complexity index is 949. The standard InChI is InChI=1S/C22H25NO3.C2H6.2CH2O/c1-3-11-24-20-8-6-19-18(17(20)4-2)9-10-23(19)15-16-5-7-21-22(14-16)26-13-12-25-21;3*1-2/h5-10,14H,3-4,11-13,15H2,1-2H3;1-2H3;2*1H2. The van der Waals surface area contributed by atoms with E-state index in [9.17, 15) is 0 Å². The highest BCUT2D eigenvalue weighted by Gasteiger charge is 2.14. The SMILES string of the molecule is C=O.C=O.CC.CCCOc1ccc2c(ccn2Cc2ccc3c(c2)OCCO3)c1CC. The Labute approximate surface area is 191 Å². The van der Waals surface area contributed by atoms with Gasteiger partial charge < -0.3 is 28.4 Å². The summed E-state index contributed by atoms with van der Waals surface area (Å²) in [5.74, 6) is 2.69. The van der Waals surface area contributed by atoms with Gasteiger partial charge in [-0.1, -0.05) is 33.8 Å². The van der Waals surface area contributed by atoms with E-state index in [1.54, 1.807) is 0 Å². The summed E-state index contributed by atoms with van der Waals surface area (Å²) in [7, 11) is 0. The minimum Gasteiger partial charge on any atom is -0.493 e. The third kappa shape index (κ3) is 6.36. The molecule has 174 valence electrons. The molecule has 1 aromatic heterocycles. The van der Waals surface area contributed by atoms with Crippen molar-refractivity contribution < 1.29 is 23.8 Å². The zero-order valence-electron chi connectivity index (χ0n) is 19.7. The number of ether oxygens (including phenoxy) is 3. The van der Waals surface area contributed by atoms with Crippen molar-refractivity contribution in [3.05, 3.63) is 53.7 Å². The van der Waals surface area contributed by atoms with E-state index in [1.807, 2.05) is 33.5 Å². The van der Waals surface area contributed by atoms with Crippen LogP contribution in [-0.2, 0) is 22.6 Å². The fourth-order valence-electron chi connectivity index (χ4n) is 3.55. The Morgan fingerprint density at radius 1 is 0.938 bits per heavy atom. The molecule has 1 aliphatic heterocycles. The number of carbonyl (C=O) groups excluding carboxylic acids is 2. The minimum absolute atomic E-state index is 0.614. The molecule has 0 N–H and O–H groups in total. The Kier molecular flexibility index (Phi) is 12.3. The van der Waals surface area contributed by atoms with Crippen molar-refractivity contribution in [1.82, 2.24) is 4.57 Å². The van der Waals surface area contributed by atoms with Crippen LogP contribution in [0.15, 0.2) is 42.6 Å². The van der Waals surface area contributed by atoms with Crippen LogP contribution < -0.4 is 14.2 Å². The number of carbonyl (C=O) groups is 2. The first-order valence-electron chi connectivity index (χ1n) is 11.0. The number of benzene rings is 2. The van der Waals surface area contributed by atoms with Crippen molar-refractivity contribution in [2.45, 2.75) is 47.1 Å². The van der Waals surface area contributed by atoms with Gasteiger partial charge in [0, 0.05) is 29.2 Å². The molecule has 32 heavy (non-hydrogen) atoms. The topological polar surface area (TPSA) is 66.8 Å². The van der Waals surface area contributed by atoms with Gasteiger partial charge >= 0.3 is 0 Å². The van der Waals surface area contributed by atoms with Crippen LogP contribution >= 0.6 is 0 Å². The minimum atomic E-state index is 0.614. The van der Waals surface area contributed by atoms with E-state index >= 15 is 0 Å². The Balaban J connectivity index is 0.000000789. The maximum atomic E-state index is 8.00. The first-order valence-corrected chi connectivity index (χ1v) is 11.0. The van der Waals surface area contributed by atoms with Crippen LogP contribution in [0, 0.1) is 0 Å². The van der Waals surface area contributed by atoms with Gasteiger partial charge in [0.2, 0.25) is 0 Å². The molecule has 0 bridgehead atoms. The van der Waals surface area contributed by atoms with E-state index in [4.69, 9.17) is 23.8 Å². The second kappa shape index (κ2) is 14.7. The normalized spacial score (nSPS) is 11.1. The van der Waals surface area contributed by atoms with Crippen LogP contribution in [0.1, 0.15) is 45.2 Å². The van der Waals surface area contributed by atoms with Gasteiger partial charge in [-0.05, 0) is 48.7 Å². The fourth-order valence-corrected chi connectivity index (χ4v) is 3.55. The Hall–Kier alpha value is -3.28. The summed E-state index contributed by atoms with van der Waals surface area (Å²) >= 11 is 0. The molecule has 2 heterocycles. The summed E-state index contributed by atoms with van der Waals surface area (Å²) in [5.41, 5.74) is 3.73. The molecule has 0 spiro atoms. The van der Waals surface area contributed by atoms with Crippen LogP contribution in [0.5, 0.6) is 17.2 Å². The van der Waals surface area contributed by atoms with Gasteiger partial charge in [0.25, 0.3) is 0 Å². The molecule has 0 fully saturated rings. The summed E-state index contributed by atoms with van der Waals surface area (Å²) in [6.07, 6.45) is 4.14. The summed E-state index contributed by atoms with van der Waals surface area (Å²) in [5, 5.41) is 1.28. The van der Waals surface area contributed by atoms with Crippen molar-refractivity contribution in [3.8, 4) is 17.2 Å². The number of aryl methyl sites for hydroxylation is 1. The number of hydrogen-bond donors (Lipinski definition) is 0. The first-order chi connectivity index (χ1) is 15.8. The van der Waals surface area contributed by atoms with Gasteiger partial charge in [0.05, 0.1) is 6.61 Å². The highest BCUT2D eigenvalue weighted by molar-refractivity contribution is 5.86. The van der Waals surface area contributed by atoms with Gasteiger partial charge in [0.1, 0.15) is 32.5 Å². The summed E-state index contributed by atoms with van der Waals surface area (Å²) in [6, 6.07) is 12.7. The predicted octanol–water partition coefficient (Wildman–Crippen LogP) is 5.47. The molecule has 0 saturated heterocycles. The van der Waals surface area contributed by atoms with E-state index in [0.29, 0.717) is 13.2 Å². The molecule has 0 aliphatic carbocycles. The Morgan fingerprint density at radius 3 is 2.28 bits per heavy atom. The van der Waals surface area contributed by atoms with Crippen LogP contribution in [0.2, 0.25) is 0 Å². The lowest BCUT2D eigenvalue weighted by atomic mass is 10.1. The molecule has 2 aromatic carbocycles. The molecule has 0 saturated carbocycles. The lowest BCUT2D eigenvalue weighted by Gasteiger charge is -2.19. The van der Waals surface area contributed by atoms with Gasteiger partial charge in [-0.15, -0.1) is 0 Å². The average Bonchev–Trinajstić information content (AvgIpc) is 3.28. The molecule has 0 radical (unpaired) electrons. The zero-order chi connectivity index (χ0) is 23.9. The van der Waals surface area contributed by atoms with Gasteiger partial charge in [-0.3, -0.25) is 0 Å². The first kappa shape index (κ1) is 26.8. The van der Waals surface area contributed by atoms with Gasteiger partial charge in [0.15, 0.2) is 11.5 Å². The number of rotatable bonds is 6. The van der Waals surface area contributed by atoms with Crippen LogP contribution in [-0.4, -0.2) is 38.0 Å². The number of fused-ring (bicyclic) bond motifs is 2. The molecular formula is C26H35NO5. The lowest BCUT2D eigenvalue weighted by Crippen LogP contribution is -2.15. The maximum Gasteiger partial charge on any atom is 0.161 e. The molecule has 0 atom stereocenters. The molecule has 6 nitrogen and oxygen atoms in total. The summed E-state index contributed by atoms with van der Waals surface area (Å²) in [6.45, 7) is 15.1. The highest BCUT2D eigenvalue weighted by atomic mass is 16.6. The van der Waals surface area contributed by atoms with E-state index in [1.165, 1.54) is 22.0 Å². The third-order valence-corrected chi connectivity index (χ3v) is 4.80. The van der Waals surface area contributed by atoms with Crippen LogP contribution in [0.3, 0.4) is 0 Å². The molecular weight excluding hydrogens is 406 g/mol. The van der Waals surface area contributed by atoms with E-state index in [0.717, 1.165) is 43.2 Å². The third-order valence-electron chi connectivity index (χ3n) is 4.80. The van der Waals surface area contributed by atoms with Gasteiger partial charge in [-0.25, -0.2) is 0 Å². The summed E-state index contributed by atoms with van der Waals surface area (Å²) < 4.78 is 19.5. The second-order valence-corrected chi connectivity index (χ2v) is 6.60. The smallest absolute Gasteiger partial charge is 0.161 e. The molecule has 6 heteroatoms. The van der Waals surface area contributed by atoms with Gasteiger partial charge in [-0.2, -0.15) is 0 Å². The van der Waals surface area contributed by atoms with E-state index < -0.39 is 0 Å². The number of nitrogens with zero attached hydrogens (tertiary/aromatic N) is 1. The maximum absolute atomic E-state index is 8.00. The largest absolute Gasteiger partial charge is 0.493 e. The second-order valence-electron chi connectivity index (χ2n) is 6.60. The molecule has 1 aliphatic rings. The van der Waals surface area contributed by atoms with Crippen LogP contribution in [0.25, 0.3) is 10.9 Å². The molecule has 3 aromatic rings. The highest BCUT2D eigenvalue weighted by Crippen LogP contribution is 2.33. The number of hydrogen-bond acceptors (Lipinski definition) is 5. The van der Waals surface area contributed by atoms with E-state index in [2.05, 4.69) is 54.9 Å². The molecule has 0 unspecified atom stereocenters. The van der Waals surface area contributed by atoms with Crippen molar-refractivity contribution in [1.29, 1.82) is 0 Å². The summed E-state index contributed by atoms with van der Waals surface area (Å²) in [4.78, 5) is 16.0. The van der Waals surface area contributed by atoms with Crippen molar-refractivity contribution in [2.75, 3.05) is 19.8 Å². The predicted molar refractivity (Wildman–Crippen MR) is 129 cm³/mol. The molecule has 4 rings (SSSR count).